The lowest BCUT2D eigenvalue weighted by molar-refractivity contribution is 0.251. The molecule has 3 heterocycles. The molecule has 7 heteroatoms. The summed E-state index contributed by atoms with van der Waals surface area (Å²) < 4.78 is 26.2. The third-order valence-corrected chi connectivity index (χ3v) is 5.67. The highest BCUT2D eigenvalue weighted by molar-refractivity contribution is 7.89. The van der Waals surface area contributed by atoms with Gasteiger partial charge in [-0.3, -0.25) is 10.00 Å². The first kappa shape index (κ1) is 12.1. The van der Waals surface area contributed by atoms with Crippen molar-refractivity contribution in [2.45, 2.75) is 30.3 Å². The highest BCUT2D eigenvalue weighted by atomic mass is 32.2. The third kappa shape index (κ3) is 2.06. The number of aromatic amines is 1. The van der Waals surface area contributed by atoms with Crippen molar-refractivity contribution in [1.29, 1.82) is 0 Å². The first-order valence-electron chi connectivity index (χ1n) is 6.41. The van der Waals surface area contributed by atoms with Crippen molar-refractivity contribution in [3.05, 3.63) is 12.3 Å². The molecule has 2 aliphatic heterocycles. The van der Waals surface area contributed by atoms with Crippen LogP contribution in [0.25, 0.3) is 0 Å². The molecule has 1 aromatic heterocycles. The summed E-state index contributed by atoms with van der Waals surface area (Å²) in [6.07, 6.45) is 4.89. The molecule has 0 radical (unpaired) electrons. The van der Waals surface area contributed by atoms with Gasteiger partial charge in [-0.25, -0.2) is 8.42 Å². The molecule has 1 N–H and O–H groups in total. The van der Waals surface area contributed by atoms with Gasteiger partial charge in [-0.2, -0.15) is 9.40 Å². The van der Waals surface area contributed by atoms with E-state index in [9.17, 15) is 8.42 Å². The van der Waals surface area contributed by atoms with Crippen LogP contribution in [0.3, 0.4) is 0 Å². The van der Waals surface area contributed by atoms with Gasteiger partial charge in [0.15, 0.2) is 5.03 Å². The summed E-state index contributed by atoms with van der Waals surface area (Å²) in [7, 11) is -3.37. The number of aromatic nitrogens is 2. The molecular weight excluding hydrogens is 252 g/mol. The molecule has 0 aliphatic carbocycles. The average Bonchev–Trinajstić information content (AvgIpc) is 3.12. The summed E-state index contributed by atoms with van der Waals surface area (Å²) in [6.45, 7) is 3.45. The van der Waals surface area contributed by atoms with Gasteiger partial charge < -0.3 is 0 Å². The number of rotatable bonds is 3. The zero-order valence-corrected chi connectivity index (χ0v) is 11.1. The van der Waals surface area contributed by atoms with E-state index in [1.807, 2.05) is 0 Å². The smallest absolute Gasteiger partial charge is 0.260 e. The van der Waals surface area contributed by atoms with Crippen LogP contribution in [0.15, 0.2) is 17.3 Å². The van der Waals surface area contributed by atoms with E-state index in [4.69, 9.17) is 0 Å². The van der Waals surface area contributed by atoms with Crippen LogP contribution in [-0.4, -0.2) is 60.0 Å². The van der Waals surface area contributed by atoms with Crippen LogP contribution >= 0.6 is 0 Å². The zero-order chi connectivity index (χ0) is 12.6. The lowest BCUT2D eigenvalue weighted by Gasteiger charge is -2.23. The van der Waals surface area contributed by atoms with Crippen LogP contribution in [-0.2, 0) is 10.0 Å². The van der Waals surface area contributed by atoms with E-state index in [1.54, 1.807) is 4.31 Å². The maximum Gasteiger partial charge on any atom is 0.260 e. The molecule has 2 saturated heterocycles. The summed E-state index contributed by atoms with van der Waals surface area (Å²) in [5, 5.41) is 6.46. The van der Waals surface area contributed by atoms with Crippen molar-refractivity contribution in [3.63, 3.8) is 0 Å². The third-order valence-electron chi connectivity index (χ3n) is 3.88. The van der Waals surface area contributed by atoms with Crippen LogP contribution in [0.5, 0.6) is 0 Å². The number of sulfonamides is 1. The molecule has 1 unspecified atom stereocenters. The number of H-pyrrole nitrogens is 1. The molecule has 3 rings (SSSR count). The molecule has 0 spiro atoms. The van der Waals surface area contributed by atoms with E-state index < -0.39 is 10.0 Å². The van der Waals surface area contributed by atoms with Gasteiger partial charge in [-0.15, -0.1) is 0 Å². The van der Waals surface area contributed by atoms with Crippen LogP contribution in [0.4, 0.5) is 0 Å². The maximum atomic E-state index is 12.3. The quantitative estimate of drug-likeness (QED) is 0.856. The van der Waals surface area contributed by atoms with Crippen LogP contribution in [0.2, 0.25) is 0 Å². The minimum Gasteiger partial charge on any atom is -0.299 e. The summed E-state index contributed by atoms with van der Waals surface area (Å²) in [5.74, 6) is 0. The Hall–Kier alpha value is -0.920. The molecule has 0 aromatic carbocycles. The van der Waals surface area contributed by atoms with Gasteiger partial charge in [-0.05, 0) is 38.4 Å². The van der Waals surface area contributed by atoms with Gasteiger partial charge >= 0.3 is 0 Å². The normalized spacial score (nSPS) is 27.0. The second-order valence-electron chi connectivity index (χ2n) is 4.97. The van der Waals surface area contributed by atoms with Gasteiger partial charge in [0.25, 0.3) is 10.0 Å². The summed E-state index contributed by atoms with van der Waals surface area (Å²) in [5.41, 5.74) is 0. The van der Waals surface area contributed by atoms with Gasteiger partial charge in [0.1, 0.15) is 0 Å². The Balaban J connectivity index is 1.72. The zero-order valence-electron chi connectivity index (χ0n) is 10.2. The van der Waals surface area contributed by atoms with E-state index in [-0.39, 0.29) is 5.03 Å². The molecule has 1 aromatic rings. The number of nitrogens with one attached hydrogen (secondary N) is 1. The van der Waals surface area contributed by atoms with E-state index >= 15 is 0 Å². The molecule has 0 bridgehead atoms. The number of hydrogen-bond acceptors (Lipinski definition) is 4. The molecule has 2 fully saturated rings. The Labute approximate surface area is 107 Å². The molecule has 1 atom stereocenters. The predicted molar refractivity (Wildman–Crippen MR) is 66.6 cm³/mol. The fourth-order valence-electron chi connectivity index (χ4n) is 2.86. The van der Waals surface area contributed by atoms with Crippen molar-refractivity contribution in [3.8, 4) is 0 Å². The SMILES string of the molecule is O=S(=O)(c1ccn[nH]1)N1CCC(N2CCCC2)C1. The van der Waals surface area contributed by atoms with Gasteiger partial charge in [0.05, 0.1) is 6.20 Å². The van der Waals surface area contributed by atoms with Gasteiger partial charge in [0, 0.05) is 19.1 Å². The van der Waals surface area contributed by atoms with Crippen molar-refractivity contribution < 1.29 is 8.42 Å². The average molecular weight is 270 g/mol. The number of hydrogen-bond donors (Lipinski definition) is 1. The fourth-order valence-corrected chi connectivity index (χ4v) is 4.25. The fraction of sp³-hybridized carbons (Fsp3) is 0.727. The molecule has 6 nitrogen and oxygen atoms in total. The molecule has 0 saturated carbocycles. The van der Waals surface area contributed by atoms with Crippen molar-refractivity contribution in [1.82, 2.24) is 19.4 Å². The Bertz CT molecular complexity index is 493. The van der Waals surface area contributed by atoms with Crippen LogP contribution in [0, 0.1) is 0 Å². The Morgan fingerprint density at radius 2 is 2.06 bits per heavy atom. The molecule has 2 aliphatic rings. The molecule has 18 heavy (non-hydrogen) atoms. The Morgan fingerprint density at radius 3 is 2.72 bits per heavy atom. The number of nitrogens with zero attached hydrogens (tertiary/aromatic N) is 3. The maximum absolute atomic E-state index is 12.3. The minimum atomic E-state index is -3.37. The van der Waals surface area contributed by atoms with Crippen molar-refractivity contribution in [2.24, 2.45) is 0 Å². The minimum absolute atomic E-state index is 0.199. The first-order chi connectivity index (χ1) is 8.68. The van der Waals surface area contributed by atoms with Gasteiger partial charge in [0.2, 0.25) is 0 Å². The summed E-state index contributed by atoms with van der Waals surface area (Å²) in [6, 6.07) is 1.91. The topological polar surface area (TPSA) is 69.3 Å². The van der Waals surface area contributed by atoms with Crippen molar-refractivity contribution in [2.75, 3.05) is 26.2 Å². The Kier molecular flexibility index (Phi) is 3.13. The van der Waals surface area contributed by atoms with Crippen LogP contribution < -0.4 is 0 Å². The lowest BCUT2D eigenvalue weighted by atomic mass is 10.2. The van der Waals surface area contributed by atoms with Gasteiger partial charge in [-0.1, -0.05) is 0 Å². The Morgan fingerprint density at radius 1 is 1.28 bits per heavy atom. The summed E-state index contributed by atoms with van der Waals surface area (Å²) >= 11 is 0. The van der Waals surface area contributed by atoms with E-state index in [0.29, 0.717) is 19.1 Å². The van der Waals surface area contributed by atoms with Crippen LogP contribution in [0.1, 0.15) is 19.3 Å². The standard InChI is InChI=1S/C11H18N4O2S/c16-18(17,11-3-5-12-13-11)15-8-4-10(9-15)14-6-1-2-7-14/h3,5,10H,1-2,4,6-9H2,(H,12,13). The van der Waals surface area contributed by atoms with E-state index in [1.165, 1.54) is 25.1 Å². The molecule has 100 valence electrons. The molecular formula is C11H18N4O2S. The van der Waals surface area contributed by atoms with Crippen molar-refractivity contribution >= 4 is 10.0 Å². The predicted octanol–water partition coefficient (Wildman–Crippen LogP) is 0.268. The summed E-state index contributed by atoms with van der Waals surface area (Å²) in [4.78, 5) is 2.42. The monoisotopic (exact) mass is 270 g/mol. The second-order valence-corrected chi connectivity index (χ2v) is 6.88. The first-order valence-corrected chi connectivity index (χ1v) is 7.85. The lowest BCUT2D eigenvalue weighted by Crippen LogP contribution is -2.37. The van der Waals surface area contributed by atoms with E-state index in [0.717, 1.165) is 19.5 Å². The van der Waals surface area contributed by atoms with E-state index in [2.05, 4.69) is 15.1 Å². The highest BCUT2D eigenvalue weighted by Gasteiger charge is 2.36. The second kappa shape index (κ2) is 4.64. The molecule has 0 amide bonds. The largest absolute Gasteiger partial charge is 0.299 e. The number of likely N-dealkylation sites (tertiary alicyclic amines) is 1. The highest BCUT2D eigenvalue weighted by Crippen LogP contribution is 2.24.